The fourth-order valence-corrected chi connectivity index (χ4v) is 2.82. The Hall–Kier alpha value is -1.58. The Bertz CT molecular complexity index is 655. The summed E-state index contributed by atoms with van der Waals surface area (Å²) in [5.74, 6) is 0. The number of halogens is 1. The zero-order valence-electron chi connectivity index (χ0n) is 9.68. The predicted molar refractivity (Wildman–Crippen MR) is 77.3 cm³/mol. The smallest absolute Gasteiger partial charge is 0.0636 e. The van der Waals surface area contributed by atoms with Crippen LogP contribution >= 0.6 is 15.9 Å². The van der Waals surface area contributed by atoms with Crippen LogP contribution in [0.5, 0.6) is 0 Å². The molecule has 1 N–H and O–H groups in total. The van der Waals surface area contributed by atoms with Crippen LogP contribution in [-0.2, 0) is 0 Å². The second-order valence-electron chi connectivity index (χ2n) is 4.24. The van der Waals surface area contributed by atoms with E-state index in [2.05, 4.69) is 46.3 Å². The lowest BCUT2D eigenvalue weighted by atomic mass is 9.97. The fourth-order valence-electron chi connectivity index (χ4n) is 2.22. The quantitative estimate of drug-likeness (QED) is 0.853. The Morgan fingerprint density at radius 2 is 1.89 bits per heavy atom. The molecule has 1 heterocycles. The molecule has 0 fully saturated rings. The van der Waals surface area contributed by atoms with Gasteiger partial charge in [0.2, 0.25) is 0 Å². The maximum atomic E-state index is 9.33. The van der Waals surface area contributed by atoms with E-state index < -0.39 is 0 Å². The molecule has 2 aromatic rings. The van der Waals surface area contributed by atoms with Gasteiger partial charge in [-0.05, 0) is 28.7 Å². The molecule has 2 nitrogen and oxygen atoms in total. The molecule has 3 heteroatoms. The number of benzene rings is 2. The van der Waals surface area contributed by atoms with Crippen molar-refractivity contribution in [2.75, 3.05) is 6.54 Å². The number of nitrogens with zero attached hydrogens (tertiary/aromatic N) is 1. The fraction of sp³-hybridized carbons (Fsp3) is 0.0667. The van der Waals surface area contributed by atoms with Crippen molar-refractivity contribution in [2.45, 2.75) is 0 Å². The van der Waals surface area contributed by atoms with Gasteiger partial charge in [-0.25, -0.2) is 0 Å². The van der Waals surface area contributed by atoms with Gasteiger partial charge in [-0.15, -0.1) is 0 Å². The predicted octanol–water partition coefficient (Wildman–Crippen LogP) is 4.20. The molecule has 0 radical (unpaired) electrons. The van der Waals surface area contributed by atoms with Crippen molar-refractivity contribution in [2.24, 2.45) is 0 Å². The van der Waals surface area contributed by atoms with Crippen molar-refractivity contribution in [3.05, 3.63) is 64.8 Å². The lowest BCUT2D eigenvalue weighted by Gasteiger charge is -2.17. The summed E-state index contributed by atoms with van der Waals surface area (Å²) in [6.07, 6.45) is 5.64. The molecule has 0 atom stereocenters. The molecule has 0 aliphatic carbocycles. The average Bonchev–Trinajstić information content (AvgIpc) is 2.39. The minimum atomic E-state index is 0.521. The molecule has 0 unspecified atom stereocenters. The number of rotatable bonds is 1. The molecule has 0 saturated carbocycles. The van der Waals surface area contributed by atoms with Crippen LogP contribution in [-0.4, -0.2) is 16.8 Å². The summed E-state index contributed by atoms with van der Waals surface area (Å²) in [4.78, 5) is 0. The van der Waals surface area contributed by atoms with Gasteiger partial charge in [-0.1, -0.05) is 52.3 Å². The second kappa shape index (κ2) is 4.59. The van der Waals surface area contributed by atoms with Crippen LogP contribution in [0.2, 0.25) is 0 Å². The molecule has 3 rings (SSSR count). The summed E-state index contributed by atoms with van der Waals surface area (Å²) in [7, 11) is 0. The molecular formula is C15H12BrNO. The third-order valence-corrected chi connectivity index (χ3v) is 3.75. The molecule has 0 amide bonds. The summed E-state index contributed by atoms with van der Waals surface area (Å²) in [5.41, 5.74) is 2.32. The van der Waals surface area contributed by atoms with E-state index in [1.807, 2.05) is 18.2 Å². The van der Waals surface area contributed by atoms with E-state index in [0.717, 1.165) is 10.0 Å². The Morgan fingerprint density at radius 1 is 1.11 bits per heavy atom. The average molecular weight is 302 g/mol. The number of hydrogen-bond acceptors (Lipinski definition) is 2. The van der Waals surface area contributed by atoms with Crippen molar-refractivity contribution in [1.29, 1.82) is 0 Å². The highest BCUT2D eigenvalue weighted by Gasteiger charge is 2.09. The summed E-state index contributed by atoms with van der Waals surface area (Å²) in [5, 5.41) is 12.9. The lowest BCUT2D eigenvalue weighted by Crippen LogP contribution is -2.14. The first-order valence-electron chi connectivity index (χ1n) is 5.77. The first kappa shape index (κ1) is 11.5. The van der Waals surface area contributed by atoms with Gasteiger partial charge >= 0.3 is 0 Å². The van der Waals surface area contributed by atoms with Gasteiger partial charge in [0, 0.05) is 16.1 Å². The van der Waals surface area contributed by atoms with E-state index in [1.54, 1.807) is 6.20 Å². The number of allylic oxidation sites excluding steroid dienone is 2. The van der Waals surface area contributed by atoms with Crippen LogP contribution in [0.1, 0.15) is 5.56 Å². The van der Waals surface area contributed by atoms with Gasteiger partial charge in [0.1, 0.15) is 0 Å². The molecule has 0 spiro atoms. The first-order chi connectivity index (χ1) is 8.75. The van der Waals surface area contributed by atoms with Gasteiger partial charge in [0.15, 0.2) is 0 Å². The maximum absolute atomic E-state index is 9.33. The molecule has 90 valence electrons. The van der Waals surface area contributed by atoms with Gasteiger partial charge in [0.05, 0.1) is 6.54 Å². The van der Waals surface area contributed by atoms with Crippen molar-refractivity contribution in [3.8, 4) is 0 Å². The van der Waals surface area contributed by atoms with Crippen LogP contribution in [0, 0.1) is 0 Å². The Balaban J connectivity index is 2.21. The van der Waals surface area contributed by atoms with Gasteiger partial charge in [-0.2, -0.15) is 0 Å². The van der Waals surface area contributed by atoms with Crippen molar-refractivity contribution < 1.29 is 5.21 Å². The van der Waals surface area contributed by atoms with E-state index in [4.69, 9.17) is 0 Å². The van der Waals surface area contributed by atoms with Crippen molar-refractivity contribution in [1.82, 2.24) is 5.06 Å². The molecular weight excluding hydrogens is 290 g/mol. The van der Waals surface area contributed by atoms with Crippen LogP contribution in [0.15, 0.2) is 59.2 Å². The SMILES string of the molecule is ON1C=CC(c2cccc3cccc(Br)c23)=CC1. The topological polar surface area (TPSA) is 23.5 Å². The number of fused-ring (bicyclic) bond motifs is 1. The molecule has 18 heavy (non-hydrogen) atoms. The lowest BCUT2D eigenvalue weighted by molar-refractivity contribution is -0.0299. The normalized spacial score (nSPS) is 15.0. The van der Waals surface area contributed by atoms with E-state index in [0.29, 0.717) is 6.54 Å². The van der Waals surface area contributed by atoms with Crippen LogP contribution in [0.25, 0.3) is 16.3 Å². The summed E-state index contributed by atoms with van der Waals surface area (Å²) in [6.45, 7) is 0.521. The largest absolute Gasteiger partial charge is 0.289 e. The monoisotopic (exact) mass is 301 g/mol. The zero-order valence-corrected chi connectivity index (χ0v) is 11.3. The summed E-state index contributed by atoms with van der Waals surface area (Å²) < 4.78 is 1.09. The van der Waals surface area contributed by atoms with Crippen molar-refractivity contribution in [3.63, 3.8) is 0 Å². The Kier molecular flexibility index (Phi) is 2.94. The van der Waals surface area contributed by atoms with Crippen LogP contribution in [0.4, 0.5) is 0 Å². The van der Waals surface area contributed by atoms with Crippen LogP contribution < -0.4 is 0 Å². The third kappa shape index (κ3) is 1.96. The number of hydrogen-bond donors (Lipinski definition) is 1. The highest BCUT2D eigenvalue weighted by atomic mass is 79.9. The standard InChI is InChI=1S/C15H12BrNO/c16-14-6-2-4-12-3-1-5-13(15(12)14)11-7-9-17(18)10-8-11/h1-9,18H,10H2. The molecule has 0 bridgehead atoms. The molecule has 0 aromatic heterocycles. The molecule has 1 aliphatic rings. The summed E-state index contributed by atoms with van der Waals surface area (Å²) in [6, 6.07) is 12.5. The van der Waals surface area contributed by atoms with E-state index in [1.165, 1.54) is 21.4 Å². The minimum Gasteiger partial charge on any atom is -0.289 e. The second-order valence-corrected chi connectivity index (χ2v) is 5.10. The molecule has 2 aromatic carbocycles. The van der Waals surface area contributed by atoms with Gasteiger partial charge in [0.25, 0.3) is 0 Å². The first-order valence-corrected chi connectivity index (χ1v) is 6.56. The molecule has 0 saturated heterocycles. The number of hydroxylamine groups is 2. The van der Waals surface area contributed by atoms with Crippen molar-refractivity contribution >= 4 is 32.3 Å². The Labute approximate surface area is 114 Å². The summed E-state index contributed by atoms with van der Waals surface area (Å²) >= 11 is 3.62. The zero-order chi connectivity index (χ0) is 12.5. The highest BCUT2D eigenvalue weighted by Crippen LogP contribution is 2.32. The molecule has 1 aliphatic heterocycles. The van der Waals surface area contributed by atoms with E-state index >= 15 is 0 Å². The van der Waals surface area contributed by atoms with E-state index in [-0.39, 0.29) is 0 Å². The third-order valence-electron chi connectivity index (χ3n) is 3.09. The van der Waals surface area contributed by atoms with Crippen LogP contribution in [0.3, 0.4) is 0 Å². The minimum absolute atomic E-state index is 0.521. The maximum Gasteiger partial charge on any atom is 0.0636 e. The van der Waals surface area contributed by atoms with Gasteiger partial charge in [-0.3, -0.25) is 10.3 Å². The Morgan fingerprint density at radius 3 is 2.61 bits per heavy atom. The highest BCUT2D eigenvalue weighted by molar-refractivity contribution is 9.10. The van der Waals surface area contributed by atoms with E-state index in [9.17, 15) is 5.21 Å². The van der Waals surface area contributed by atoms with Gasteiger partial charge < -0.3 is 0 Å².